The van der Waals surface area contributed by atoms with E-state index in [0.717, 1.165) is 12.8 Å². The zero-order valence-electron chi connectivity index (χ0n) is 16.3. The predicted molar refractivity (Wildman–Crippen MR) is 107 cm³/mol. The van der Waals surface area contributed by atoms with Crippen molar-refractivity contribution in [1.82, 2.24) is 15.1 Å². The second kappa shape index (κ2) is 9.92. The maximum Gasteiger partial charge on any atom is 0.313 e. The molecule has 2 N–H and O–H groups in total. The van der Waals surface area contributed by atoms with Gasteiger partial charge in [-0.25, -0.2) is 0 Å². The molecule has 2 aromatic rings. The number of rotatable bonds is 7. The minimum atomic E-state index is -0.655. The summed E-state index contributed by atoms with van der Waals surface area (Å²) >= 11 is 0. The first-order chi connectivity index (χ1) is 13.6. The van der Waals surface area contributed by atoms with Gasteiger partial charge in [0, 0.05) is 30.7 Å². The molecule has 0 aliphatic heterocycles. The van der Waals surface area contributed by atoms with Crippen LogP contribution in [0.4, 0.5) is 5.69 Å². The van der Waals surface area contributed by atoms with E-state index < -0.39 is 11.8 Å². The van der Waals surface area contributed by atoms with Crippen molar-refractivity contribution >= 4 is 17.5 Å². The van der Waals surface area contributed by atoms with E-state index in [1.54, 1.807) is 29.1 Å². The first-order valence-corrected chi connectivity index (χ1v) is 9.89. The highest BCUT2D eigenvalue weighted by atomic mass is 16.5. The lowest BCUT2D eigenvalue weighted by atomic mass is 9.82. The lowest BCUT2D eigenvalue weighted by Crippen LogP contribution is -2.38. The van der Waals surface area contributed by atoms with Gasteiger partial charge in [-0.15, -0.1) is 0 Å². The molecule has 1 aromatic heterocycles. The van der Waals surface area contributed by atoms with Gasteiger partial charge in [-0.05, 0) is 42.9 Å². The van der Waals surface area contributed by atoms with E-state index in [4.69, 9.17) is 4.74 Å². The van der Waals surface area contributed by atoms with Gasteiger partial charge in [-0.3, -0.25) is 14.3 Å². The van der Waals surface area contributed by atoms with Crippen molar-refractivity contribution in [1.29, 1.82) is 0 Å². The number of nitrogens with one attached hydrogen (secondary N) is 2. The van der Waals surface area contributed by atoms with E-state index in [-0.39, 0.29) is 0 Å². The molecular formula is C21H28N4O3. The van der Waals surface area contributed by atoms with E-state index in [9.17, 15) is 9.59 Å². The third kappa shape index (κ3) is 6.11. The molecule has 1 saturated carbocycles. The summed E-state index contributed by atoms with van der Waals surface area (Å²) < 4.78 is 7.47. The second-order valence-corrected chi connectivity index (χ2v) is 7.45. The summed E-state index contributed by atoms with van der Waals surface area (Å²) in [6, 6.07) is 8.88. The summed E-state index contributed by atoms with van der Waals surface area (Å²) in [5.74, 6) is 0.537. The van der Waals surface area contributed by atoms with Gasteiger partial charge in [0.15, 0.2) is 0 Å². The van der Waals surface area contributed by atoms with Gasteiger partial charge < -0.3 is 15.4 Å². The van der Waals surface area contributed by atoms with Crippen LogP contribution in [0, 0.1) is 11.8 Å². The first-order valence-electron chi connectivity index (χ1n) is 9.89. The monoisotopic (exact) mass is 384 g/mol. The highest BCUT2D eigenvalue weighted by Gasteiger charge is 2.21. The molecule has 1 heterocycles. The largest absolute Gasteiger partial charge is 0.492 e. The number of aromatic nitrogens is 2. The molecule has 1 fully saturated rings. The molecule has 2 atom stereocenters. The number of anilines is 1. The van der Waals surface area contributed by atoms with E-state index in [1.165, 1.54) is 12.8 Å². The standard InChI is InChI=1S/C21H28N4O3/c1-16-5-2-6-17(13-16)15-22-20(26)21(27)24-18-7-3-8-19(14-18)28-12-11-25-10-4-9-23-25/h3-4,7-10,14,16-17H,2,5-6,11-13,15H2,1H3,(H,22,26)(H,24,27). The molecule has 1 aliphatic rings. The molecule has 2 amide bonds. The minimum absolute atomic E-state index is 0.458. The van der Waals surface area contributed by atoms with Crippen LogP contribution in [0.15, 0.2) is 42.7 Å². The Kier molecular flexibility index (Phi) is 7.06. The Morgan fingerprint density at radius 3 is 2.93 bits per heavy atom. The molecule has 0 spiro atoms. The summed E-state index contributed by atoms with van der Waals surface area (Å²) in [6.45, 7) is 3.89. The van der Waals surface area contributed by atoms with Crippen LogP contribution in [0.5, 0.6) is 5.75 Å². The van der Waals surface area contributed by atoms with Gasteiger partial charge in [-0.2, -0.15) is 5.10 Å². The zero-order valence-corrected chi connectivity index (χ0v) is 16.3. The average molecular weight is 384 g/mol. The van der Waals surface area contributed by atoms with E-state index in [2.05, 4.69) is 22.7 Å². The first kappa shape index (κ1) is 19.9. The summed E-state index contributed by atoms with van der Waals surface area (Å²) in [5, 5.41) is 9.51. The molecule has 2 unspecified atom stereocenters. The molecule has 0 saturated heterocycles. The highest BCUT2D eigenvalue weighted by molar-refractivity contribution is 6.39. The van der Waals surface area contributed by atoms with Crippen LogP contribution in [0.2, 0.25) is 0 Å². The van der Waals surface area contributed by atoms with Crippen molar-refractivity contribution in [2.75, 3.05) is 18.5 Å². The molecular weight excluding hydrogens is 356 g/mol. The lowest BCUT2D eigenvalue weighted by molar-refractivity contribution is -0.136. The Labute approximate surface area is 165 Å². The number of hydrogen-bond acceptors (Lipinski definition) is 4. The number of ether oxygens (including phenoxy) is 1. The molecule has 1 aliphatic carbocycles. The fraction of sp³-hybridized carbons (Fsp3) is 0.476. The maximum atomic E-state index is 12.2. The van der Waals surface area contributed by atoms with Crippen LogP contribution < -0.4 is 15.4 Å². The molecule has 0 bridgehead atoms. The SMILES string of the molecule is CC1CCCC(CNC(=O)C(=O)Nc2cccc(OCCn3cccn3)c2)C1. The second-order valence-electron chi connectivity index (χ2n) is 7.45. The van der Waals surface area contributed by atoms with E-state index >= 15 is 0 Å². The Morgan fingerprint density at radius 2 is 2.14 bits per heavy atom. The van der Waals surface area contributed by atoms with Crippen LogP contribution >= 0.6 is 0 Å². The molecule has 150 valence electrons. The lowest BCUT2D eigenvalue weighted by Gasteiger charge is -2.26. The predicted octanol–water partition coefficient (Wildman–Crippen LogP) is 2.84. The van der Waals surface area contributed by atoms with Gasteiger partial charge in [0.25, 0.3) is 0 Å². The summed E-state index contributed by atoms with van der Waals surface area (Å²) in [4.78, 5) is 24.3. The van der Waals surface area contributed by atoms with Crippen molar-refractivity contribution in [2.24, 2.45) is 11.8 Å². The maximum absolute atomic E-state index is 12.2. The van der Waals surface area contributed by atoms with Gasteiger partial charge >= 0.3 is 11.8 Å². The number of benzene rings is 1. The van der Waals surface area contributed by atoms with Gasteiger partial charge in [0.1, 0.15) is 12.4 Å². The average Bonchev–Trinajstić information content (AvgIpc) is 3.20. The fourth-order valence-corrected chi connectivity index (χ4v) is 3.60. The minimum Gasteiger partial charge on any atom is -0.492 e. The van der Waals surface area contributed by atoms with E-state index in [0.29, 0.717) is 43.0 Å². The molecule has 7 heteroatoms. The van der Waals surface area contributed by atoms with Crippen molar-refractivity contribution < 1.29 is 14.3 Å². The Hall–Kier alpha value is -2.83. The fourth-order valence-electron chi connectivity index (χ4n) is 3.60. The van der Waals surface area contributed by atoms with Crippen molar-refractivity contribution in [3.05, 3.63) is 42.7 Å². The molecule has 7 nitrogen and oxygen atoms in total. The summed E-state index contributed by atoms with van der Waals surface area (Å²) in [7, 11) is 0. The number of hydrogen-bond donors (Lipinski definition) is 2. The van der Waals surface area contributed by atoms with Crippen molar-refractivity contribution in [2.45, 2.75) is 39.2 Å². The third-order valence-electron chi connectivity index (χ3n) is 5.04. The number of nitrogens with zero attached hydrogens (tertiary/aromatic N) is 2. The Balaban J connectivity index is 1.43. The molecule has 28 heavy (non-hydrogen) atoms. The summed E-state index contributed by atoms with van der Waals surface area (Å²) in [5.41, 5.74) is 0.531. The van der Waals surface area contributed by atoms with E-state index in [1.807, 2.05) is 18.3 Å². The number of amides is 2. The number of carbonyl (C=O) groups excluding carboxylic acids is 2. The van der Waals surface area contributed by atoms with Crippen molar-refractivity contribution in [3.8, 4) is 5.75 Å². The quantitative estimate of drug-likeness (QED) is 0.719. The Morgan fingerprint density at radius 1 is 1.25 bits per heavy atom. The van der Waals surface area contributed by atoms with Gasteiger partial charge in [0.2, 0.25) is 0 Å². The normalized spacial score (nSPS) is 19.0. The Bertz CT molecular complexity index is 776. The molecule has 0 radical (unpaired) electrons. The number of carbonyl (C=O) groups is 2. The van der Waals surface area contributed by atoms with Crippen LogP contribution in [0.1, 0.15) is 32.6 Å². The van der Waals surface area contributed by atoms with Crippen LogP contribution in [0.3, 0.4) is 0 Å². The van der Waals surface area contributed by atoms with Gasteiger partial charge in [0.05, 0.1) is 6.54 Å². The van der Waals surface area contributed by atoms with Crippen LogP contribution in [-0.4, -0.2) is 34.7 Å². The van der Waals surface area contributed by atoms with Crippen LogP contribution in [-0.2, 0) is 16.1 Å². The topological polar surface area (TPSA) is 85.3 Å². The zero-order chi connectivity index (χ0) is 19.8. The molecule has 1 aromatic carbocycles. The van der Waals surface area contributed by atoms with Gasteiger partial charge in [-0.1, -0.05) is 25.8 Å². The smallest absolute Gasteiger partial charge is 0.313 e. The highest BCUT2D eigenvalue weighted by Crippen LogP contribution is 2.27. The van der Waals surface area contributed by atoms with Crippen molar-refractivity contribution in [3.63, 3.8) is 0 Å². The van der Waals surface area contributed by atoms with Crippen LogP contribution in [0.25, 0.3) is 0 Å². The summed E-state index contributed by atoms with van der Waals surface area (Å²) in [6.07, 6.45) is 8.26. The third-order valence-corrected chi connectivity index (χ3v) is 5.04. The molecule has 3 rings (SSSR count).